The molecule has 0 amide bonds. The van der Waals surface area contributed by atoms with Crippen LogP contribution in [0.2, 0.25) is 0 Å². The molecule has 1 aliphatic heterocycles. The van der Waals surface area contributed by atoms with Crippen LogP contribution in [0.25, 0.3) is 0 Å². The summed E-state index contributed by atoms with van der Waals surface area (Å²) in [5.41, 5.74) is 1.15. The van der Waals surface area contributed by atoms with Crippen molar-refractivity contribution in [3.05, 3.63) is 11.6 Å². The van der Waals surface area contributed by atoms with E-state index in [2.05, 4.69) is 10.0 Å². The summed E-state index contributed by atoms with van der Waals surface area (Å²) in [6.07, 6.45) is 2.95. The maximum absolute atomic E-state index is 11.8. The zero-order valence-electron chi connectivity index (χ0n) is 10.6. The fraction of sp³-hybridized carbons (Fsp3) is 0.800. The van der Waals surface area contributed by atoms with Gasteiger partial charge in [0.15, 0.2) is 0 Å². The molecule has 0 bridgehead atoms. The Morgan fingerprint density at radius 1 is 1.53 bits per heavy atom. The molecule has 0 aliphatic carbocycles. The quantitative estimate of drug-likeness (QED) is 0.723. The summed E-state index contributed by atoms with van der Waals surface area (Å²) in [5, 5.41) is 3.19. The minimum absolute atomic E-state index is 0. The largest absolute Gasteiger partial charge is 0.313 e. The van der Waals surface area contributed by atoms with Crippen LogP contribution >= 0.6 is 12.4 Å². The van der Waals surface area contributed by atoms with Crippen molar-refractivity contribution in [2.75, 3.05) is 26.7 Å². The molecule has 1 heterocycles. The second kappa shape index (κ2) is 7.33. The SMILES string of the molecule is CC(C)N(C)S(=O)(=O)NCC1=CCNCC1.Cl. The van der Waals surface area contributed by atoms with Crippen molar-refractivity contribution in [2.24, 2.45) is 0 Å². The first-order valence-corrected chi connectivity index (χ1v) is 6.98. The predicted molar refractivity (Wildman–Crippen MR) is 72.6 cm³/mol. The zero-order valence-corrected chi connectivity index (χ0v) is 12.2. The van der Waals surface area contributed by atoms with Crippen LogP contribution in [0.4, 0.5) is 0 Å². The molecule has 0 radical (unpaired) electrons. The monoisotopic (exact) mass is 283 g/mol. The highest BCUT2D eigenvalue weighted by Crippen LogP contribution is 2.05. The third kappa shape index (κ3) is 5.35. The summed E-state index contributed by atoms with van der Waals surface area (Å²) in [5.74, 6) is 0. The van der Waals surface area contributed by atoms with Crippen LogP contribution in [0.15, 0.2) is 11.6 Å². The molecule has 0 spiro atoms. The van der Waals surface area contributed by atoms with Gasteiger partial charge in [-0.2, -0.15) is 17.4 Å². The second-order valence-corrected chi connectivity index (χ2v) is 6.07. The van der Waals surface area contributed by atoms with Gasteiger partial charge < -0.3 is 5.32 Å². The van der Waals surface area contributed by atoms with E-state index in [1.807, 2.05) is 19.9 Å². The third-order valence-corrected chi connectivity index (χ3v) is 4.43. The van der Waals surface area contributed by atoms with Crippen LogP contribution in [-0.2, 0) is 10.2 Å². The van der Waals surface area contributed by atoms with Gasteiger partial charge in [-0.05, 0) is 26.8 Å². The Kier molecular flexibility index (Phi) is 7.27. The Morgan fingerprint density at radius 2 is 2.18 bits per heavy atom. The molecule has 0 unspecified atom stereocenters. The van der Waals surface area contributed by atoms with E-state index in [0.717, 1.165) is 25.1 Å². The fourth-order valence-corrected chi connectivity index (χ4v) is 2.52. The molecule has 2 N–H and O–H groups in total. The normalized spacial score (nSPS) is 16.9. The summed E-state index contributed by atoms with van der Waals surface area (Å²) < 4.78 is 27.5. The number of nitrogens with zero attached hydrogens (tertiary/aromatic N) is 1. The molecule has 17 heavy (non-hydrogen) atoms. The summed E-state index contributed by atoms with van der Waals surface area (Å²) in [4.78, 5) is 0. The highest BCUT2D eigenvalue weighted by molar-refractivity contribution is 7.87. The van der Waals surface area contributed by atoms with Gasteiger partial charge in [-0.15, -0.1) is 12.4 Å². The molecule has 7 heteroatoms. The van der Waals surface area contributed by atoms with Crippen molar-refractivity contribution in [2.45, 2.75) is 26.3 Å². The first-order valence-electron chi connectivity index (χ1n) is 5.54. The Labute approximate surface area is 110 Å². The molecule has 0 aromatic rings. The van der Waals surface area contributed by atoms with Gasteiger partial charge in [0.05, 0.1) is 0 Å². The molecule has 5 nitrogen and oxygen atoms in total. The smallest absolute Gasteiger partial charge is 0.279 e. The summed E-state index contributed by atoms with van der Waals surface area (Å²) in [6.45, 7) is 5.87. The number of hydrogen-bond donors (Lipinski definition) is 2. The highest BCUT2D eigenvalue weighted by Gasteiger charge is 2.20. The van der Waals surface area contributed by atoms with Crippen LogP contribution in [-0.4, -0.2) is 45.4 Å². The molecule has 0 aromatic carbocycles. The van der Waals surface area contributed by atoms with Crippen molar-refractivity contribution >= 4 is 22.6 Å². The molecule has 0 atom stereocenters. The molecule has 1 rings (SSSR count). The summed E-state index contributed by atoms with van der Waals surface area (Å²) in [6, 6.07) is -0.0282. The Hall–Kier alpha value is -0.140. The van der Waals surface area contributed by atoms with Crippen molar-refractivity contribution in [1.82, 2.24) is 14.3 Å². The lowest BCUT2D eigenvalue weighted by atomic mass is 10.1. The van der Waals surface area contributed by atoms with Gasteiger partial charge in [0.1, 0.15) is 0 Å². The highest BCUT2D eigenvalue weighted by atomic mass is 35.5. The van der Waals surface area contributed by atoms with Crippen LogP contribution in [0, 0.1) is 0 Å². The van der Waals surface area contributed by atoms with E-state index in [4.69, 9.17) is 0 Å². The predicted octanol–water partition coefficient (Wildman–Crippen LogP) is 0.502. The first-order chi connectivity index (χ1) is 7.43. The van der Waals surface area contributed by atoms with E-state index in [1.165, 1.54) is 4.31 Å². The molecule has 1 aliphatic rings. The van der Waals surface area contributed by atoms with E-state index in [9.17, 15) is 8.42 Å². The number of nitrogens with one attached hydrogen (secondary N) is 2. The Balaban J connectivity index is 0.00000256. The van der Waals surface area contributed by atoms with E-state index >= 15 is 0 Å². The van der Waals surface area contributed by atoms with Gasteiger partial charge in [-0.1, -0.05) is 11.6 Å². The maximum atomic E-state index is 11.8. The molecule has 0 fully saturated rings. The van der Waals surface area contributed by atoms with Crippen LogP contribution < -0.4 is 10.0 Å². The second-order valence-electron chi connectivity index (χ2n) is 4.25. The fourth-order valence-electron chi connectivity index (χ4n) is 1.39. The minimum Gasteiger partial charge on any atom is -0.313 e. The lowest BCUT2D eigenvalue weighted by molar-refractivity contribution is 0.403. The van der Waals surface area contributed by atoms with Crippen molar-refractivity contribution in [1.29, 1.82) is 0 Å². The number of rotatable bonds is 5. The molecular weight excluding hydrogens is 262 g/mol. The van der Waals surface area contributed by atoms with Crippen LogP contribution in [0.1, 0.15) is 20.3 Å². The lowest BCUT2D eigenvalue weighted by Crippen LogP contribution is -2.42. The van der Waals surface area contributed by atoms with Gasteiger partial charge in [0.2, 0.25) is 0 Å². The number of halogens is 1. The number of hydrogen-bond acceptors (Lipinski definition) is 3. The van der Waals surface area contributed by atoms with Gasteiger partial charge in [-0.25, -0.2) is 0 Å². The molecule has 102 valence electrons. The topological polar surface area (TPSA) is 61.4 Å². The van der Waals surface area contributed by atoms with Crippen molar-refractivity contribution < 1.29 is 8.42 Å². The molecule has 0 saturated carbocycles. The van der Waals surface area contributed by atoms with E-state index < -0.39 is 10.2 Å². The Bertz CT molecular complexity index is 355. The molecular formula is C10H22ClN3O2S. The average molecular weight is 284 g/mol. The summed E-state index contributed by atoms with van der Waals surface area (Å²) >= 11 is 0. The van der Waals surface area contributed by atoms with E-state index in [-0.39, 0.29) is 18.4 Å². The lowest BCUT2D eigenvalue weighted by Gasteiger charge is -2.22. The summed E-state index contributed by atoms with van der Waals surface area (Å²) in [7, 11) is -1.75. The standard InChI is InChI=1S/C10H21N3O2S.ClH/c1-9(2)13(3)16(14,15)12-8-10-4-6-11-7-5-10;/h4,9,11-12H,5-8H2,1-3H3;1H. The minimum atomic E-state index is -3.34. The zero-order chi connectivity index (χ0) is 12.2. The van der Waals surface area contributed by atoms with Gasteiger partial charge in [0.25, 0.3) is 10.2 Å². The average Bonchev–Trinajstić information content (AvgIpc) is 2.27. The van der Waals surface area contributed by atoms with Gasteiger partial charge in [0, 0.05) is 26.2 Å². The molecule has 0 aromatic heterocycles. The van der Waals surface area contributed by atoms with Crippen molar-refractivity contribution in [3.63, 3.8) is 0 Å². The van der Waals surface area contributed by atoms with Gasteiger partial charge >= 0.3 is 0 Å². The van der Waals surface area contributed by atoms with Gasteiger partial charge in [-0.3, -0.25) is 0 Å². The van der Waals surface area contributed by atoms with E-state index in [1.54, 1.807) is 7.05 Å². The Morgan fingerprint density at radius 3 is 2.65 bits per heavy atom. The van der Waals surface area contributed by atoms with E-state index in [0.29, 0.717) is 6.54 Å². The maximum Gasteiger partial charge on any atom is 0.279 e. The third-order valence-electron chi connectivity index (χ3n) is 2.75. The van der Waals surface area contributed by atoms with Crippen molar-refractivity contribution in [3.8, 4) is 0 Å². The molecule has 0 saturated heterocycles. The first kappa shape index (κ1) is 16.9. The van der Waals surface area contributed by atoms with Crippen LogP contribution in [0.3, 0.4) is 0 Å². The van der Waals surface area contributed by atoms with Crippen LogP contribution in [0.5, 0.6) is 0 Å².